The SMILES string of the molecule is Nc1ccc(N2CCN(Cc3ncccn3)CC2)nc1. The van der Waals surface area contributed by atoms with Gasteiger partial charge >= 0.3 is 0 Å². The Morgan fingerprint density at radius 2 is 1.75 bits per heavy atom. The van der Waals surface area contributed by atoms with Gasteiger partial charge in [0.15, 0.2) is 0 Å². The van der Waals surface area contributed by atoms with Crippen molar-refractivity contribution in [3.8, 4) is 0 Å². The molecule has 2 aromatic heterocycles. The lowest BCUT2D eigenvalue weighted by Crippen LogP contribution is -2.46. The molecule has 1 aliphatic heterocycles. The molecule has 0 atom stereocenters. The van der Waals surface area contributed by atoms with Crippen molar-refractivity contribution >= 4 is 11.5 Å². The van der Waals surface area contributed by atoms with Crippen molar-refractivity contribution in [3.63, 3.8) is 0 Å². The molecule has 0 radical (unpaired) electrons. The average molecular weight is 270 g/mol. The van der Waals surface area contributed by atoms with Gasteiger partial charge in [-0.2, -0.15) is 0 Å². The summed E-state index contributed by atoms with van der Waals surface area (Å²) in [5, 5.41) is 0. The summed E-state index contributed by atoms with van der Waals surface area (Å²) in [4.78, 5) is 17.5. The fourth-order valence-corrected chi connectivity index (χ4v) is 2.33. The Hall–Kier alpha value is -2.21. The Morgan fingerprint density at radius 3 is 2.40 bits per heavy atom. The summed E-state index contributed by atoms with van der Waals surface area (Å²) in [5.74, 6) is 1.88. The lowest BCUT2D eigenvalue weighted by Gasteiger charge is -2.35. The van der Waals surface area contributed by atoms with Gasteiger partial charge in [0.25, 0.3) is 0 Å². The molecule has 1 aliphatic rings. The van der Waals surface area contributed by atoms with E-state index < -0.39 is 0 Å². The highest BCUT2D eigenvalue weighted by Gasteiger charge is 2.18. The van der Waals surface area contributed by atoms with Gasteiger partial charge in [-0.3, -0.25) is 4.90 Å². The first-order valence-electron chi connectivity index (χ1n) is 6.76. The number of aromatic nitrogens is 3. The van der Waals surface area contributed by atoms with Gasteiger partial charge in [0, 0.05) is 38.6 Å². The van der Waals surface area contributed by atoms with E-state index in [0.29, 0.717) is 5.69 Å². The van der Waals surface area contributed by atoms with Crippen LogP contribution in [0.1, 0.15) is 5.82 Å². The minimum Gasteiger partial charge on any atom is -0.397 e. The molecule has 3 rings (SSSR count). The van der Waals surface area contributed by atoms with Gasteiger partial charge in [-0.1, -0.05) is 0 Å². The molecule has 104 valence electrons. The van der Waals surface area contributed by atoms with Gasteiger partial charge in [0.2, 0.25) is 0 Å². The number of nitrogens with zero attached hydrogens (tertiary/aromatic N) is 5. The monoisotopic (exact) mass is 270 g/mol. The molecular weight excluding hydrogens is 252 g/mol. The summed E-state index contributed by atoms with van der Waals surface area (Å²) in [5.41, 5.74) is 6.36. The number of hydrogen-bond acceptors (Lipinski definition) is 6. The zero-order valence-electron chi connectivity index (χ0n) is 11.3. The number of piperazine rings is 1. The number of pyridine rings is 1. The predicted octanol–water partition coefficient (Wildman–Crippen LogP) is 0.776. The molecule has 20 heavy (non-hydrogen) atoms. The molecular formula is C14H18N6. The summed E-state index contributed by atoms with van der Waals surface area (Å²) in [7, 11) is 0. The highest BCUT2D eigenvalue weighted by atomic mass is 15.3. The molecule has 2 N–H and O–H groups in total. The lowest BCUT2D eigenvalue weighted by molar-refractivity contribution is 0.243. The lowest BCUT2D eigenvalue weighted by atomic mass is 10.3. The van der Waals surface area contributed by atoms with E-state index in [9.17, 15) is 0 Å². The van der Waals surface area contributed by atoms with E-state index in [0.717, 1.165) is 44.4 Å². The van der Waals surface area contributed by atoms with E-state index in [1.807, 2.05) is 18.2 Å². The number of anilines is 2. The topological polar surface area (TPSA) is 71.2 Å². The van der Waals surface area contributed by atoms with E-state index in [-0.39, 0.29) is 0 Å². The van der Waals surface area contributed by atoms with Crippen LogP contribution in [0.15, 0.2) is 36.8 Å². The molecule has 6 nitrogen and oxygen atoms in total. The maximum Gasteiger partial charge on any atom is 0.142 e. The molecule has 0 amide bonds. The van der Waals surface area contributed by atoms with Crippen LogP contribution in [-0.2, 0) is 6.54 Å². The number of rotatable bonds is 3. The summed E-state index contributed by atoms with van der Waals surface area (Å²) in [6.07, 6.45) is 5.28. The standard InChI is InChI=1S/C14H18N6/c15-12-2-3-14(18-10-12)20-8-6-19(7-9-20)11-13-16-4-1-5-17-13/h1-5,10H,6-9,11,15H2. The largest absolute Gasteiger partial charge is 0.397 e. The van der Waals surface area contributed by atoms with Gasteiger partial charge < -0.3 is 10.6 Å². The van der Waals surface area contributed by atoms with Crippen LogP contribution >= 0.6 is 0 Å². The summed E-state index contributed by atoms with van der Waals surface area (Å²) < 4.78 is 0. The van der Waals surface area contributed by atoms with E-state index in [4.69, 9.17) is 5.73 Å². The van der Waals surface area contributed by atoms with Crippen LogP contribution in [0.2, 0.25) is 0 Å². The summed E-state index contributed by atoms with van der Waals surface area (Å²) in [6.45, 7) is 4.71. The maximum atomic E-state index is 5.66. The molecule has 0 spiro atoms. The highest BCUT2D eigenvalue weighted by Crippen LogP contribution is 2.15. The van der Waals surface area contributed by atoms with Crippen molar-refractivity contribution in [2.75, 3.05) is 36.8 Å². The van der Waals surface area contributed by atoms with Crippen molar-refractivity contribution < 1.29 is 0 Å². The normalized spacial score (nSPS) is 16.3. The van der Waals surface area contributed by atoms with Crippen LogP contribution in [0.4, 0.5) is 11.5 Å². The van der Waals surface area contributed by atoms with Crippen molar-refractivity contribution in [1.29, 1.82) is 0 Å². The van der Waals surface area contributed by atoms with E-state index in [1.54, 1.807) is 18.6 Å². The van der Waals surface area contributed by atoms with Crippen LogP contribution in [0.3, 0.4) is 0 Å². The second-order valence-corrected chi connectivity index (χ2v) is 4.88. The Labute approximate surface area is 118 Å². The third-order valence-electron chi connectivity index (χ3n) is 3.45. The first-order valence-corrected chi connectivity index (χ1v) is 6.76. The molecule has 1 fully saturated rings. The Morgan fingerprint density at radius 1 is 1.00 bits per heavy atom. The van der Waals surface area contributed by atoms with Gasteiger partial charge in [-0.15, -0.1) is 0 Å². The van der Waals surface area contributed by atoms with Crippen LogP contribution in [0.5, 0.6) is 0 Å². The van der Waals surface area contributed by atoms with Gasteiger partial charge in [-0.25, -0.2) is 15.0 Å². The maximum absolute atomic E-state index is 5.66. The summed E-state index contributed by atoms with van der Waals surface area (Å²) >= 11 is 0. The molecule has 0 aliphatic carbocycles. The first-order chi connectivity index (χ1) is 9.81. The smallest absolute Gasteiger partial charge is 0.142 e. The molecule has 2 aromatic rings. The Bertz CT molecular complexity index is 533. The van der Waals surface area contributed by atoms with E-state index >= 15 is 0 Å². The highest BCUT2D eigenvalue weighted by molar-refractivity contribution is 5.46. The fraction of sp³-hybridized carbons (Fsp3) is 0.357. The minimum absolute atomic E-state index is 0.702. The molecule has 1 saturated heterocycles. The van der Waals surface area contributed by atoms with Crippen molar-refractivity contribution in [3.05, 3.63) is 42.6 Å². The molecule has 0 aromatic carbocycles. The summed E-state index contributed by atoms with van der Waals surface area (Å²) in [6, 6.07) is 5.71. The minimum atomic E-state index is 0.702. The second-order valence-electron chi connectivity index (χ2n) is 4.88. The van der Waals surface area contributed by atoms with Crippen LogP contribution in [0, 0.1) is 0 Å². The number of nitrogens with two attached hydrogens (primary N) is 1. The van der Waals surface area contributed by atoms with Crippen molar-refractivity contribution in [1.82, 2.24) is 19.9 Å². The van der Waals surface area contributed by atoms with Gasteiger partial charge in [0.1, 0.15) is 11.6 Å². The zero-order chi connectivity index (χ0) is 13.8. The Kier molecular flexibility index (Phi) is 3.73. The van der Waals surface area contributed by atoms with Crippen LogP contribution < -0.4 is 10.6 Å². The van der Waals surface area contributed by atoms with Crippen LogP contribution in [-0.4, -0.2) is 46.0 Å². The Balaban J connectivity index is 1.55. The van der Waals surface area contributed by atoms with Gasteiger partial charge in [-0.05, 0) is 18.2 Å². The third-order valence-corrected chi connectivity index (χ3v) is 3.45. The van der Waals surface area contributed by atoms with E-state index in [2.05, 4.69) is 24.8 Å². The van der Waals surface area contributed by atoms with Crippen molar-refractivity contribution in [2.24, 2.45) is 0 Å². The number of nitrogen functional groups attached to an aromatic ring is 1. The average Bonchev–Trinajstić information content (AvgIpc) is 2.50. The molecule has 3 heterocycles. The molecule has 6 heteroatoms. The third kappa shape index (κ3) is 3.03. The first kappa shape index (κ1) is 12.8. The quantitative estimate of drug-likeness (QED) is 0.888. The molecule has 0 saturated carbocycles. The molecule has 0 unspecified atom stereocenters. The predicted molar refractivity (Wildman–Crippen MR) is 78.2 cm³/mol. The van der Waals surface area contributed by atoms with Crippen molar-refractivity contribution in [2.45, 2.75) is 6.54 Å². The van der Waals surface area contributed by atoms with E-state index in [1.165, 1.54) is 0 Å². The van der Waals surface area contributed by atoms with Crippen LogP contribution in [0.25, 0.3) is 0 Å². The fourth-order valence-electron chi connectivity index (χ4n) is 2.33. The zero-order valence-corrected chi connectivity index (χ0v) is 11.3. The molecule has 0 bridgehead atoms. The second kappa shape index (κ2) is 5.83. The van der Waals surface area contributed by atoms with Gasteiger partial charge in [0.05, 0.1) is 18.4 Å². The number of hydrogen-bond donors (Lipinski definition) is 1.